The van der Waals surface area contributed by atoms with Crippen LogP contribution in [0.4, 0.5) is 5.69 Å². The normalized spacial score (nSPS) is 10.9. The predicted molar refractivity (Wildman–Crippen MR) is 94.3 cm³/mol. The lowest BCUT2D eigenvalue weighted by atomic mass is 9.99. The van der Waals surface area contributed by atoms with E-state index in [0.29, 0.717) is 18.3 Å². The summed E-state index contributed by atoms with van der Waals surface area (Å²) >= 11 is 0. The fraction of sp³-hybridized carbons (Fsp3) is 0.421. The zero-order chi connectivity index (χ0) is 16.8. The van der Waals surface area contributed by atoms with Crippen molar-refractivity contribution in [1.29, 1.82) is 0 Å². The monoisotopic (exact) mass is 314 g/mol. The Morgan fingerprint density at radius 2 is 1.96 bits per heavy atom. The van der Waals surface area contributed by atoms with Gasteiger partial charge in [-0.3, -0.25) is 4.79 Å². The maximum absolute atomic E-state index is 12.1. The van der Waals surface area contributed by atoms with Crippen LogP contribution in [0.1, 0.15) is 49.5 Å². The Morgan fingerprint density at radius 1 is 1.22 bits per heavy atom. The third kappa shape index (κ3) is 3.63. The van der Waals surface area contributed by atoms with Crippen LogP contribution in [0.15, 0.2) is 27.4 Å². The molecule has 0 bridgehead atoms. The Hall–Kier alpha value is -2.10. The fourth-order valence-corrected chi connectivity index (χ4v) is 2.92. The predicted octanol–water partition coefficient (Wildman–Crippen LogP) is 4.00. The summed E-state index contributed by atoms with van der Waals surface area (Å²) in [5.41, 5.74) is 2.00. The second-order valence-corrected chi connectivity index (χ2v) is 5.55. The van der Waals surface area contributed by atoms with Gasteiger partial charge in [-0.15, -0.1) is 0 Å². The first-order valence-electron chi connectivity index (χ1n) is 8.23. The lowest BCUT2D eigenvalue weighted by Crippen LogP contribution is -2.21. The molecule has 0 unspecified atom stereocenters. The highest BCUT2D eigenvalue weighted by molar-refractivity contribution is 5.90. The van der Waals surface area contributed by atoms with E-state index in [4.69, 9.17) is 4.42 Å². The number of unbranched alkanes of at least 4 members (excludes halogenated alkanes) is 2. The third-order valence-electron chi connectivity index (χ3n) is 4.20. The molecule has 2 rings (SSSR count). The molecule has 0 atom stereocenters. The first-order valence-corrected chi connectivity index (χ1v) is 8.23. The molecule has 4 nitrogen and oxygen atoms in total. The lowest BCUT2D eigenvalue weighted by Gasteiger charge is -2.21. The highest BCUT2D eigenvalue weighted by Crippen LogP contribution is 2.26. The van der Waals surface area contributed by atoms with Crippen LogP contribution in [0.3, 0.4) is 0 Å². The van der Waals surface area contributed by atoms with Gasteiger partial charge in [0.05, 0.1) is 0 Å². The Labute approximate surface area is 137 Å². The van der Waals surface area contributed by atoms with E-state index >= 15 is 0 Å². The maximum atomic E-state index is 12.1. The second kappa shape index (κ2) is 7.95. The molecular weight excluding hydrogens is 290 g/mol. The van der Waals surface area contributed by atoms with Crippen LogP contribution in [0.25, 0.3) is 11.0 Å². The Bertz CT molecular complexity index is 729. The van der Waals surface area contributed by atoms with Crippen molar-refractivity contribution in [2.24, 2.45) is 0 Å². The van der Waals surface area contributed by atoms with Gasteiger partial charge in [-0.1, -0.05) is 13.3 Å². The SMILES string of the molecule is C[CH]CCCc1c(C=O)c(=O)oc2cc(N(CC)CC)ccc12. The Kier molecular flexibility index (Phi) is 5.97. The molecule has 23 heavy (non-hydrogen) atoms. The van der Waals surface area contributed by atoms with Crippen molar-refractivity contribution in [2.75, 3.05) is 18.0 Å². The van der Waals surface area contributed by atoms with Gasteiger partial charge in [0.15, 0.2) is 6.29 Å². The number of benzene rings is 1. The second-order valence-electron chi connectivity index (χ2n) is 5.55. The first kappa shape index (κ1) is 17.3. The summed E-state index contributed by atoms with van der Waals surface area (Å²) in [6.07, 6.45) is 5.28. The van der Waals surface area contributed by atoms with Crippen LogP contribution in [-0.2, 0) is 6.42 Å². The van der Waals surface area contributed by atoms with Crippen LogP contribution in [0.2, 0.25) is 0 Å². The van der Waals surface area contributed by atoms with Crippen molar-refractivity contribution >= 4 is 22.9 Å². The van der Waals surface area contributed by atoms with Crippen molar-refractivity contribution in [3.8, 4) is 0 Å². The van der Waals surface area contributed by atoms with Gasteiger partial charge >= 0.3 is 5.63 Å². The minimum Gasteiger partial charge on any atom is -0.422 e. The Balaban J connectivity index is 2.57. The zero-order valence-corrected chi connectivity index (χ0v) is 14.1. The summed E-state index contributed by atoms with van der Waals surface area (Å²) in [6, 6.07) is 5.89. The molecule has 1 radical (unpaired) electrons. The minimum absolute atomic E-state index is 0.157. The summed E-state index contributed by atoms with van der Waals surface area (Å²) in [7, 11) is 0. The van der Waals surface area contributed by atoms with Gasteiger partial charge in [0.2, 0.25) is 0 Å². The van der Waals surface area contributed by atoms with E-state index in [9.17, 15) is 9.59 Å². The summed E-state index contributed by atoms with van der Waals surface area (Å²) < 4.78 is 5.39. The summed E-state index contributed by atoms with van der Waals surface area (Å²) in [5, 5.41) is 0.860. The smallest absolute Gasteiger partial charge is 0.347 e. The van der Waals surface area contributed by atoms with E-state index in [1.54, 1.807) is 0 Å². The fourth-order valence-electron chi connectivity index (χ4n) is 2.92. The number of hydrogen-bond acceptors (Lipinski definition) is 4. The van der Waals surface area contributed by atoms with E-state index in [1.807, 2.05) is 25.1 Å². The lowest BCUT2D eigenvalue weighted by molar-refractivity contribution is 0.111. The molecule has 0 aliphatic carbocycles. The summed E-state index contributed by atoms with van der Waals surface area (Å²) in [4.78, 5) is 25.6. The van der Waals surface area contributed by atoms with Gasteiger partial charge in [-0.05, 0) is 50.8 Å². The average molecular weight is 314 g/mol. The van der Waals surface area contributed by atoms with Crippen LogP contribution < -0.4 is 10.5 Å². The number of anilines is 1. The molecule has 123 valence electrons. The molecule has 0 amide bonds. The van der Waals surface area contributed by atoms with Gasteiger partial charge in [-0.2, -0.15) is 0 Å². The quantitative estimate of drug-likeness (QED) is 0.420. The van der Waals surface area contributed by atoms with Crippen molar-refractivity contribution in [2.45, 2.75) is 40.0 Å². The first-order chi connectivity index (χ1) is 11.2. The van der Waals surface area contributed by atoms with Crippen LogP contribution >= 0.6 is 0 Å². The molecule has 4 heteroatoms. The van der Waals surface area contributed by atoms with Gasteiger partial charge in [0, 0.05) is 30.2 Å². The number of aldehydes is 1. The van der Waals surface area contributed by atoms with Gasteiger partial charge in [-0.25, -0.2) is 4.79 Å². The number of fused-ring (bicyclic) bond motifs is 1. The van der Waals surface area contributed by atoms with Crippen LogP contribution in [0.5, 0.6) is 0 Å². The third-order valence-corrected chi connectivity index (χ3v) is 4.20. The van der Waals surface area contributed by atoms with Gasteiger partial charge < -0.3 is 9.32 Å². The van der Waals surface area contributed by atoms with Crippen molar-refractivity contribution in [3.05, 3.63) is 46.2 Å². The van der Waals surface area contributed by atoms with E-state index in [1.165, 1.54) is 0 Å². The summed E-state index contributed by atoms with van der Waals surface area (Å²) in [5.74, 6) is 0. The molecule has 0 saturated heterocycles. The molecular formula is C19H24NO3. The molecule has 0 aliphatic heterocycles. The largest absolute Gasteiger partial charge is 0.422 e. The Morgan fingerprint density at radius 3 is 2.57 bits per heavy atom. The van der Waals surface area contributed by atoms with Crippen molar-refractivity contribution in [3.63, 3.8) is 0 Å². The molecule has 1 heterocycles. The van der Waals surface area contributed by atoms with Gasteiger partial charge in [0.25, 0.3) is 0 Å². The molecule has 0 fully saturated rings. The molecule has 0 N–H and O–H groups in total. The summed E-state index contributed by atoms with van der Waals surface area (Å²) in [6.45, 7) is 7.96. The molecule has 0 spiro atoms. The van der Waals surface area contributed by atoms with E-state index < -0.39 is 5.63 Å². The molecule has 0 aliphatic rings. The standard InChI is InChI=1S/C19H24NO3/c1-4-7-8-9-15-16-11-10-14(20(5-2)6-3)12-18(16)23-19(22)17(15)13-21/h4,10-13H,5-9H2,1-3H3. The number of hydrogen-bond donors (Lipinski definition) is 0. The number of rotatable bonds is 8. The average Bonchev–Trinajstić information content (AvgIpc) is 2.55. The number of carbonyl (C=O) groups is 1. The topological polar surface area (TPSA) is 50.5 Å². The molecule has 0 saturated carbocycles. The molecule has 2 aromatic rings. The highest BCUT2D eigenvalue weighted by Gasteiger charge is 2.15. The number of carbonyl (C=O) groups excluding carboxylic acids is 1. The maximum Gasteiger partial charge on any atom is 0.347 e. The molecule has 1 aromatic carbocycles. The van der Waals surface area contributed by atoms with Crippen LogP contribution in [-0.4, -0.2) is 19.4 Å². The van der Waals surface area contributed by atoms with Gasteiger partial charge in [0.1, 0.15) is 11.1 Å². The van der Waals surface area contributed by atoms with E-state index in [0.717, 1.165) is 42.6 Å². The highest BCUT2D eigenvalue weighted by atomic mass is 16.4. The van der Waals surface area contributed by atoms with E-state index in [-0.39, 0.29) is 5.56 Å². The van der Waals surface area contributed by atoms with E-state index in [2.05, 4.69) is 25.2 Å². The number of nitrogens with zero attached hydrogens (tertiary/aromatic N) is 1. The minimum atomic E-state index is -0.542. The molecule has 1 aromatic heterocycles. The van der Waals surface area contributed by atoms with Crippen molar-refractivity contribution in [1.82, 2.24) is 0 Å². The van der Waals surface area contributed by atoms with Crippen molar-refractivity contribution < 1.29 is 9.21 Å². The zero-order valence-electron chi connectivity index (χ0n) is 14.1. The number of aryl methyl sites for hydroxylation is 1. The van der Waals surface area contributed by atoms with Crippen LogP contribution in [0, 0.1) is 6.42 Å².